The molecule has 0 amide bonds. The van der Waals surface area contributed by atoms with E-state index in [1.165, 1.54) is 128 Å². The summed E-state index contributed by atoms with van der Waals surface area (Å²) in [7, 11) is 0. The number of thiophene rings is 2. The molecule has 0 bridgehead atoms. The Morgan fingerprint density at radius 1 is 0.259 bits per heavy atom. The van der Waals surface area contributed by atoms with Crippen molar-refractivity contribution in [2.45, 2.75) is 0 Å². The molecule has 2 nitrogen and oxygen atoms in total. The molecular weight excluding hydrogens is 741 g/mol. The van der Waals surface area contributed by atoms with Crippen molar-refractivity contribution in [2.24, 2.45) is 0 Å². The van der Waals surface area contributed by atoms with E-state index >= 15 is 0 Å². The number of hydrogen-bond acceptors (Lipinski definition) is 2. The Kier molecular flexibility index (Phi) is 6.08. The summed E-state index contributed by atoms with van der Waals surface area (Å²) in [6.07, 6.45) is 0. The molecule has 268 valence electrons. The Morgan fingerprint density at radius 3 is 1.09 bits per heavy atom. The molecule has 14 aromatic rings. The maximum absolute atomic E-state index is 2.55. The van der Waals surface area contributed by atoms with E-state index in [1.807, 2.05) is 22.7 Å². The normalized spacial score (nSPS) is 12.5. The van der Waals surface area contributed by atoms with Gasteiger partial charge in [-0.1, -0.05) is 121 Å². The fourth-order valence-electron chi connectivity index (χ4n) is 10.3. The number of hydrogen-bond donors (Lipinski definition) is 0. The monoisotopic (exact) mass is 770 g/mol. The number of fused-ring (bicyclic) bond motifs is 21. The molecule has 0 unspecified atom stereocenters. The van der Waals surface area contributed by atoms with E-state index < -0.39 is 0 Å². The Hall–Kier alpha value is -6.98. The summed E-state index contributed by atoms with van der Waals surface area (Å²) >= 11 is 3.75. The molecule has 0 aliphatic rings. The van der Waals surface area contributed by atoms with E-state index in [2.05, 4.69) is 191 Å². The van der Waals surface area contributed by atoms with Crippen molar-refractivity contribution in [3.05, 3.63) is 182 Å². The number of benzene rings is 10. The standard InChI is InChI=1S/C54H30N2S2/c1-3-17-37-35(15-1)49-36-16-2-4-18-38(36)54-51(40-20-6-10-22-44(40)56(54)32-26-28-48-42(30-32)34-14-8-12-24-46(34)58-48)52(49)50-39-19-5-9-21-43(39)55(53(37)50)31-25-27-47-41(29-31)33-13-7-11-23-45(33)57-47/h1-30H. The second-order valence-electron chi connectivity index (χ2n) is 15.6. The van der Waals surface area contributed by atoms with Crippen LogP contribution in [0.1, 0.15) is 0 Å². The molecule has 14 rings (SSSR count). The van der Waals surface area contributed by atoms with Gasteiger partial charge in [0.1, 0.15) is 0 Å². The largest absolute Gasteiger partial charge is 0.309 e. The summed E-state index contributed by atoms with van der Waals surface area (Å²) in [5.41, 5.74) is 7.30. The molecule has 4 heteroatoms. The van der Waals surface area contributed by atoms with Gasteiger partial charge in [0.2, 0.25) is 0 Å². The van der Waals surface area contributed by atoms with Gasteiger partial charge in [0, 0.05) is 89.4 Å². The van der Waals surface area contributed by atoms with Gasteiger partial charge in [-0.25, -0.2) is 0 Å². The van der Waals surface area contributed by atoms with Crippen molar-refractivity contribution in [3.63, 3.8) is 0 Å². The second-order valence-corrected chi connectivity index (χ2v) is 17.7. The summed E-state index contributed by atoms with van der Waals surface area (Å²) in [5.74, 6) is 0. The van der Waals surface area contributed by atoms with E-state index in [1.54, 1.807) is 0 Å². The number of aromatic nitrogens is 2. The van der Waals surface area contributed by atoms with Crippen LogP contribution in [0.25, 0.3) is 128 Å². The van der Waals surface area contributed by atoms with Crippen LogP contribution in [0.4, 0.5) is 0 Å². The van der Waals surface area contributed by atoms with Gasteiger partial charge >= 0.3 is 0 Å². The zero-order chi connectivity index (χ0) is 37.6. The Balaban J connectivity index is 1.23. The first-order valence-electron chi connectivity index (χ1n) is 19.8. The molecule has 0 N–H and O–H groups in total. The Labute approximate surface area is 339 Å². The Morgan fingerprint density at radius 2 is 0.621 bits per heavy atom. The minimum absolute atomic E-state index is 1.18. The minimum atomic E-state index is 1.18. The molecule has 0 radical (unpaired) electrons. The van der Waals surface area contributed by atoms with Crippen LogP contribution in [-0.2, 0) is 0 Å². The van der Waals surface area contributed by atoms with Crippen molar-refractivity contribution >= 4 is 139 Å². The fraction of sp³-hybridized carbons (Fsp3) is 0. The lowest BCUT2D eigenvalue weighted by atomic mass is 9.89. The zero-order valence-electron chi connectivity index (χ0n) is 31.0. The third-order valence-corrected chi connectivity index (χ3v) is 14.9. The van der Waals surface area contributed by atoms with Crippen LogP contribution in [0, 0.1) is 0 Å². The summed E-state index contributed by atoms with van der Waals surface area (Å²) in [6.45, 7) is 0. The molecule has 0 saturated heterocycles. The second kappa shape index (κ2) is 11.3. The summed E-state index contributed by atoms with van der Waals surface area (Å²) in [5, 5.41) is 18.1. The van der Waals surface area contributed by atoms with Crippen LogP contribution < -0.4 is 0 Å². The molecule has 0 aliphatic carbocycles. The topological polar surface area (TPSA) is 9.86 Å². The lowest BCUT2D eigenvalue weighted by molar-refractivity contribution is 1.19. The number of rotatable bonds is 2. The molecule has 0 spiro atoms. The minimum Gasteiger partial charge on any atom is -0.309 e. The van der Waals surface area contributed by atoms with Gasteiger partial charge in [0.25, 0.3) is 0 Å². The summed E-state index contributed by atoms with van der Waals surface area (Å²) in [6, 6.07) is 68.1. The highest BCUT2D eigenvalue weighted by atomic mass is 32.1. The molecule has 0 saturated carbocycles. The summed E-state index contributed by atoms with van der Waals surface area (Å²) < 4.78 is 10.4. The zero-order valence-corrected chi connectivity index (χ0v) is 32.7. The van der Waals surface area contributed by atoms with E-state index in [0.29, 0.717) is 0 Å². The first kappa shape index (κ1) is 31.1. The van der Waals surface area contributed by atoms with Crippen molar-refractivity contribution in [1.82, 2.24) is 9.13 Å². The van der Waals surface area contributed by atoms with Crippen molar-refractivity contribution in [1.29, 1.82) is 0 Å². The predicted molar refractivity (Wildman–Crippen MR) is 253 cm³/mol. The highest BCUT2D eigenvalue weighted by Gasteiger charge is 2.26. The lowest BCUT2D eigenvalue weighted by Gasteiger charge is -2.16. The third-order valence-electron chi connectivity index (χ3n) is 12.6. The maximum Gasteiger partial charge on any atom is 0.0626 e. The molecule has 0 atom stereocenters. The summed E-state index contributed by atoms with van der Waals surface area (Å²) in [4.78, 5) is 0. The van der Waals surface area contributed by atoms with Gasteiger partial charge in [-0.2, -0.15) is 0 Å². The van der Waals surface area contributed by atoms with Gasteiger partial charge in [-0.3, -0.25) is 0 Å². The molecule has 4 aromatic heterocycles. The van der Waals surface area contributed by atoms with Gasteiger partial charge < -0.3 is 9.13 Å². The fourth-order valence-corrected chi connectivity index (χ4v) is 12.5. The highest BCUT2D eigenvalue weighted by Crippen LogP contribution is 2.51. The van der Waals surface area contributed by atoms with Crippen LogP contribution in [-0.4, -0.2) is 9.13 Å². The molecule has 10 aromatic carbocycles. The molecular formula is C54H30N2S2. The smallest absolute Gasteiger partial charge is 0.0626 e. The number of nitrogens with zero attached hydrogens (tertiary/aromatic N) is 2. The van der Waals surface area contributed by atoms with Gasteiger partial charge in [-0.15, -0.1) is 22.7 Å². The molecule has 0 fully saturated rings. The van der Waals surface area contributed by atoms with Crippen LogP contribution >= 0.6 is 22.7 Å². The van der Waals surface area contributed by atoms with E-state index in [9.17, 15) is 0 Å². The van der Waals surface area contributed by atoms with E-state index in [0.717, 1.165) is 0 Å². The Bertz CT molecular complexity index is 3840. The average Bonchev–Trinajstić information content (AvgIpc) is 4.04. The quantitative estimate of drug-likeness (QED) is 0.155. The van der Waals surface area contributed by atoms with Crippen molar-refractivity contribution in [2.75, 3.05) is 0 Å². The van der Waals surface area contributed by atoms with Crippen LogP contribution in [0.15, 0.2) is 182 Å². The number of para-hydroxylation sites is 2. The van der Waals surface area contributed by atoms with Gasteiger partial charge in [-0.05, 0) is 76.8 Å². The third kappa shape index (κ3) is 3.96. The first-order valence-corrected chi connectivity index (χ1v) is 21.5. The maximum atomic E-state index is 2.55. The lowest BCUT2D eigenvalue weighted by Crippen LogP contribution is -1.96. The predicted octanol–water partition coefficient (Wildman–Crippen LogP) is 16.1. The van der Waals surface area contributed by atoms with Crippen molar-refractivity contribution in [3.8, 4) is 11.4 Å². The first-order chi connectivity index (χ1) is 28.8. The van der Waals surface area contributed by atoms with Crippen LogP contribution in [0.3, 0.4) is 0 Å². The highest BCUT2D eigenvalue weighted by molar-refractivity contribution is 7.26. The van der Waals surface area contributed by atoms with Gasteiger partial charge in [0.15, 0.2) is 0 Å². The SMILES string of the molecule is c1ccc2c(c1)sc1ccc(-n3c4ccccc4c4c5c(c6ccccc6c43)c3ccccc3c3c5c4ccccc4n3-c3ccc4sc5ccccc5c4c3)cc12. The molecule has 0 aliphatic heterocycles. The van der Waals surface area contributed by atoms with Gasteiger partial charge in [0.05, 0.1) is 22.1 Å². The van der Waals surface area contributed by atoms with Crippen LogP contribution in [0.2, 0.25) is 0 Å². The molecule has 58 heavy (non-hydrogen) atoms. The van der Waals surface area contributed by atoms with Crippen LogP contribution in [0.5, 0.6) is 0 Å². The van der Waals surface area contributed by atoms with Crippen molar-refractivity contribution < 1.29 is 0 Å². The van der Waals surface area contributed by atoms with E-state index in [-0.39, 0.29) is 0 Å². The average molecular weight is 771 g/mol. The van der Waals surface area contributed by atoms with E-state index in [4.69, 9.17) is 0 Å². The molecule has 4 heterocycles.